The molecule has 0 aromatic heterocycles. The van der Waals surface area contributed by atoms with Gasteiger partial charge >= 0.3 is 5.96 Å². The smallest absolute Gasteiger partial charge is 0.390 e. The van der Waals surface area contributed by atoms with Gasteiger partial charge in [0.1, 0.15) is 0 Å². The Kier molecular flexibility index (Phi) is 2.06. The van der Waals surface area contributed by atoms with Gasteiger partial charge in [-0.25, -0.2) is 10.1 Å². The third-order valence-corrected chi connectivity index (χ3v) is 0.371. The Morgan fingerprint density at radius 3 is 2.00 bits per heavy atom. The van der Waals surface area contributed by atoms with Gasteiger partial charge in [-0.1, -0.05) is 0 Å². The number of rotatable bonds is 1. The second kappa shape index (κ2) is 2.55. The van der Waals surface area contributed by atoms with Crippen LogP contribution in [0.3, 0.4) is 0 Å². The average Bonchev–Trinajstić information content (AvgIpc) is 1.63. The summed E-state index contributed by atoms with van der Waals surface area (Å²) >= 11 is 0. The van der Waals surface area contributed by atoms with Crippen molar-refractivity contribution in [3.05, 3.63) is 20.2 Å². The van der Waals surface area contributed by atoms with Crippen LogP contribution in [-0.4, -0.2) is 15.9 Å². The van der Waals surface area contributed by atoms with Gasteiger partial charge in [0.05, 0.1) is 0 Å². The van der Waals surface area contributed by atoms with Crippen molar-refractivity contribution in [2.45, 2.75) is 0 Å². The minimum atomic E-state index is -1.24. The summed E-state index contributed by atoms with van der Waals surface area (Å²) in [5.41, 5.74) is 4.43. The fourth-order valence-electron chi connectivity index (χ4n) is 0.120. The molecule has 0 aliphatic heterocycles. The first-order valence-electron chi connectivity index (χ1n) is 1.67. The SMILES string of the molecule is NC(=N[N+](=O)[O-])[N+](=O)[O-]. The third-order valence-electron chi connectivity index (χ3n) is 0.371. The number of hydrazone groups is 1. The topological polar surface area (TPSA) is 125 Å². The predicted octanol–water partition coefficient (Wildman–Crippen LogP) is -1.23. The molecule has 0 atom stereocenters. The molecule has 2 N–H and O–H groups in total. The number of guanidine groups is 1. The molecule has 0 aromatic rings. The van der Waals surface area contributed by atoms with Crippen molar-refractivity contribution in [3.63, 3.8) is 0 Å². The monoisotopic (exact) mass is 134 g/mol. The molecule has 8 nitrogen and oxygen atoms in total. The van der Waals surface area contributed by atoms with Crippen molar-refractivity contribution >= 4 is 5.96 Å². The van der Waals surface area contributed by atoms with Crippen molar-refractivity contribution in [3.8, 4) is 0 Å². The van der Waals surface area contributed by atoms with Gasteiger partial charge in [-0.05, 0) is 4.92 Å². The lowest BCUT2D eigenvalue weighted by Gasteiger charge is -1.84. The second-order valence-electron chi connectivity index (χ2n) is 0.953. The lowest BCUT2D eigenvalue weighted by molar-refractivity contribution is -0.496. The maximum Gasteiger partial charge on any atom is 0.497 e. The van der Waals surface area contributed by atoms with Crippen LogP contribution in [0.2, 0.25) is 0 Å². The standard InChI is InChI=1S/CH2N4O4/c2-1(4(6)7)3-5(8)9/h(H2,2,3). The van der Waals surface area contributed by atoms with E-state index in [0.29, 0.717) is 0 Å². The summed E-state index contributed by atoms with van der Waals surface area (Å²) in [4.78, 5) is 17.7. The summed E-state index contributed by atoms with van der Waals surface area (Å²) in [5.74, 6) is -1.22. The van der Waals surface area contributed by atoms with E-state index in [1.54, 1.807) is 0 Å². The summed E-state index contributed by atoms with van der Waals surface area (Å²) in [6, 6.07) is 0. The van der Waals surface area contributed by atoms with Gasteiger partial charge in [-0.2, -0.15) is 0 Å². The van der Waals surface area contributed by atoms with E-state index >= 15 is 0 Å². The highest BCUT2D eigenvalue weighted by atomic mass is 16.7. The molecule has 0 aromatic carbocycles. The largest absolute Gasteiger partial charge is 0.497 e. The molecular weight excluding hydrogens is 132 g/mol. The molecule has 0 amide bonds. The quantitative estimate of drug-likeness (QED) is 0.208. The molecule has 0 saturated carbocycles. The first-order valence-corrected chi connectivity index (χ1v) is 1.67. The van der Waals surface area contributed by atoms with Crippen molar-refractivity contribution in [1.82, 2.24) is 0 Å². The number of hydrogen-bond acceptors (Lipinski definition) is 4. The van der Waals surface area contributed by atoms with E-state index in [2.05, 4.69) is 10.8 Å². The van der Waals surface area contributed by atoms with Gasteiger partial charge in [0.15, 0.2) is 0 Å². The zero-order valence-corrected chi connectivity index (χ0v) is 4.05. The molecule has 0 saturated heterocycles. The first-order chi connectivity index (χ1) is 4.04. The number of hydrogen-bond donors (Lipinski definition) is 1. The Morgan fingerprint density at radius 1 is 1.44 bits per heavy atom. The molecule has 0 aliphatic rings. The minimum Gasteiger partial charge on any atom is -0.390 e. The molecule has 0 spiro atoms. The Hall–Kier alpha value is -1.73. The van der Waals surface area contributed by atoms with Crippen molar-refractivity contribution in [2.24, 2.45) is 10.8 Å². The zero-order valence-electron chi connectivity index (χ0n) is 4.05. The Bertz CT molecular complexity index is 171. The predicted molar refractivity (Wildman–Crippen MR) is 25.6 cm³/mol. The highest BCUT2D eigenvalue weighted by Crippen LogP contribution is 1.71. The van der Waals surface area contributed by atoms with Gasteiger partial charge in [-0.15, -0.1) is 0 Å². The molecule has 9 heavy (non-hydrogen) atoms. The van der Waals surface area contributed by atoms with E-state index in [4.69, 9.17) is 0 Å². The van der Waals surface area contributed by atoms with Crippen LogP contribution >= 0.6 is 0 Å². The van der Waals surface area contributed by atoms with Crippen LogP contribution in [0.1, 0.15) is 0 Å². The maximum absolute atomic E-state index is 9.48. The minimum absolute atomic E-state index is 1.15. The van der Waals surface area contributed by atoms with Crippen LogP contribution in [0, 0.1) is 20.2 Å². The highest BCUT2D eigenvalue weighted by Gasteiger charge is 2.09. The molecular formula is CH2N4O4. The molecule has 0 heterocycles. The van der Waals surface area contributed by atoms with Gasteiger partial charge in [-0.3, -0.25) is 5.73 Å². The molecule has 0 fully saturated rings. The molecule has 0 aliphatic carbocycles. The molecule has 8 heteroatoms. The number of nitrogens with two attached hydrogens (primary N) is 1. The zero-order chi connectivity index (χ0) is 7.44. The van der Waals surface area contributed by atoms with E-state index in [1.807, 2.05) is 0 Å². The summed E-state index contributed by atoms with van der Waals surface area (Å²) in [6.45, 7) is 0. The van der Waals surface area contributed by atoms with Crippen LogP contribution in [-0.2, 0) is 0 Å². The normalized spacial score (nSPS) is 10.9. The van der Waals surface area contributed by atoms with Crippen LogP contribution in [0.5, 0.6) is 0 Å². The van der Waals surface area contributed by atoms with Crippen LogP contribution in [0.15, 0.2) is 5.10 Å². The summed E-state index contributed by atoms with van der Waals surface area (Å²) in [6.07, 6.45) is 0. The molecule has 0 unspecified atom stereocenters. The number of nitrogens with zero attached hydrogens (tertiary/aromatic N) is 3. The average molecular weight is 134 g/mol. The third kappa shape index (κ3) is 2.91. The molecule has 0 rings (SSSR count). The second-order valence-corrected chi connectivity index (χ2v) is 0.953. The Morgan fingerprint density at radius 2 is 1.89 bits per heavy atom. The number of nitro groups is 2. The van der Waals surface area contributed by atoms with E-state index in [0.717, 1.165) is 0 Å². The van der Waals surface area contributed by atoms with E-state index in [-0.39, 0.29) is 0 Å². The lowest BCUT2D eigenvalue weighted by Crippen LogP contribution is -2.23. The summed E-state index contributed by atoms with van der Waals surface area (Å²) < 4.78 is 0. The van der Waals surface area contributed by atoms with Crippen LogP contribution in [0.25, 0.3) is 0 Å². The van der Waals surface area contributed by atoms with Crippen molar-refractivity contribution in [1.29, 1.82) is 0 Å². The van der Waals surface area contributed by atoms with Crippen LogP contribution < -0.4 is 5.73 Å². The molecule has 0 bridgehead atoms. The first kappa shape index (κ1) is 7.27. The lowest BCUT2D eigenvalue weighted by atomic mass is 11.1. The van der Waals surface area contributed by atoms with E-state index in [9.17, 15) is 20.2 Å². The fourth-order valence-corrected chi connectivity index (χ4v) is 0.120. The summed E-state index contributed by atoms with van der Waals surface area (Å²) in [5, 5.41) is 19.8. The highest BCUT2D eigenvalue weighted by molar-refractivity contribution is 5.68. The Balaban J connectivity index is 4.17. The fraction of sp³-hybridized carbons (Fsp3) is 0. The van der Waals surface area contributed by atoms with Gasteiger partial charge in [0.2, 0.25) is 0 Å². The van der Waals surface area contributed by atoms with Crippen molar-refractivity contribution in [2.75, 3.05) is 0 Å². The van der Waals surface area contributed by atoms with E-state index in [1.165, 1.54) is 0 Å². The van der Waals surface area contributed by atoms with Gasteiger partial charge in [0, 0.05) is 0 Å². The molecule has 0 radical (unpaired) electrons. The maximum atomic E-state index is 9.48. The van der Waals surface area contributed by atoms with Gasteiger partial charge in [0.25, 0.3) is 10.1 Å². The Labute approximate surface area is 48.3 Å². The van der Waals surface area contributed by atoms with Crippen LogP contribution in [0.4, 0.5) is 0 Å². The van der Waals surface area contributed by atoms with Crippen molar-refractivity contribution < 1.29 is 9.96 Å². The summed E-state index contributed by atoms with van der Waals surface area (Å²) in [7, 11) is 0. The molecule has 50 valence electrons. The van der Waals surface area contributed by atoms with E-state index < -0.39 is 15.9 Å². The van der Waals surface area contributed by atoms with Gasteiger partial charge < -0.3 is 10.1 Å².